The molecule has 0 unspecified atom stereocenters. The Bertz CT molecular complexity index is 430. The summed E-state index contributed by atoms with van der Waals surface area (Å²) in [5, 5.41) is 3.48. The molecule has 0 bridgehead atoms. The zero-order chi connectivity index (χ0) is 14.8. The summed E-state index contributed by atoms with van der Waals surface area (Å²) in [6.07, 6.45) is 0.142. The minimum absolute atomic E-state index is 0.0988. The highest BCUT2D eigenvalue weighted by Crippen LogP contribution is 2.31. The standard InChI is InChI=1S/C16H22F3N/c1-15(2,9-10-20-14-7-8-14)11-12-3-5-13(6-4-12)16(17,18)19/h3-6,14,20H,7-11H2,1-2H3. The smallest absolute Gasteiger partial charge is 0.314 e. The molecule has 20 heavy (non-hydrogen) atoms. The first-order chi connectivity index (χ1) is 9.26. The quantitative estimate of drug-likeness (QED) is 0.816. The molecule has 1 N–H and O–H groups in total. The largest absolute Gasteiger partial charge is 0.416 e. The number of nitrogens with one attached hydrogen (secondary N) is 1. The van der Waals surface area contributed by atoms with Crippen molar-refractivity contribution >= 4 is 0 Å². The fourth-order valence-corrected chi connectivity index (χ4v) is 2.35. The topological polar surface area (TPSA) is 12.0 Å². The van der Waals surface area contributed by atoms with Crippen molar-refractivity contribution in [2.75, 3.05) is 6.54 Å². The summed E-state index contributed by atoms with van der Waals surface area (Å²) in [5.41, 5.74) is 0.491. The average Bonchev–Trinajstić information content (AvgIpc) is 3.11. The van der Waals surface area contributed by atoms with E-state index in [1.165, 1.54) is 25.0 Å². The minimum atomic E-state index is -4.25. The van der Waals surface area contributed by atoms with Crippen molar-refractivity contribution in [1.29, 1.82) is 0 Å². The number of benzene rings is 1. The number of hydrogen-bond donors (Lipinski definition) is 1. The third-order valence-electron chi connectivity index (χ3n) is 3.78. The van der Waals surface area contributed by atoms with Crippen molar-refractivity contribution in [3.63, 3.8) is 0 Å². The van der Waals surface area contributed by atoms with E-state index in [4.69, 9.17) is 0 Å². The predicted molar refractivity (Wildman–Crippen MR) is 74.6 cm³/mol. The highest BCUT2D eigenvalue weighted by atomic mass is 19.4. The highest BCUT2D eigenvalue weighted by molar-refractivity contribution is 5.25. The van der Waals surface area contributed by atoms with Crippen LogP contribution < -0.4 is 5.32 Å². The Morgan fingerprint density at radius 1 is 1.10 bits per heavy atom. The Kier molecular flexibility index (Phi) is 4.43. The van der Waals surface area contributed by atoms with E-state index in [1.54, 1.807) is 12.1 Å². The molecule has 112 valence electrons. The third kappa shape index (κ3) is 4.82. The first kappa shape index (κ1) is 15.4. The summed E-state index contributed by atoms with van der Waals surface area (Å²) in [6.45, 7) is 5.32. The molecule has 1 aliphatic carbocycles. The van der Waals surface area contributed by atoms with Crippen molar-refractivity contribution < 1.29 is 13.2 Å². The molecule has 1 aliphatic rings. The van der Waals surface area contributed by atoms with Gasteiger partial charge in [-0.2, -0.15) is 13.2 Å². The van der Waals surface area contributed by atoms with Gasteiger partial charge in [-0.1, -0.05) is 26.0 Å². The number of rotatable bonds is 6. The van der Waals surface area contributed by atoms with Crippen molar-refractivity contribution in [2.24, 2.45) is 5.41 Å². The van der Waals surface area contributed by atoms with E-state index in [2.05, 4.69) is 19.2 Å². The van der Waals surface area contributed by atoms with Gasteiger partial charge in [-0.05, 0) is 55.3 Å². The lowest BCUT2D eigenvalue weighted by Gasteiger charge is -2.25. The third-order valence-corrected chi connectivity index (χ3v) is 3.78. The van der Waals surface area contributed by atoms with Crippen molar-refractivity contribution in [3.05, 3.63) is 35.4 Å². The second-order valence-corrected chi connectivity index (χ2v) is 6.51. The zero-order valence-electron chi connectivity index (χ0n) is 12.1. The van der Waals surface area contributed by atoms with Gasteiger partial charge in [-0.15, -0.1) is 0 Å². The van der Waals surface area contributed by atoms with E-state index in [-0.39, 0.29) is 5.41 Å². The summed E-state index contributed by atoms with van der Waals surface area (Å²) in [6, 6.07) is 6.25. The Balaban J connectivity index is 1.87. The number of alkyl halides is 3. The monoisotopic (exact) mass is 285 g/mol. The normalized spacial score (nSPS) is 16.4. The van der Waals surface area contributed by atoms with Crippen LogP contribution in [0, 0.1) is 5.41 Å². The SMILES string of the molecule is CC(C)(CCNC1CC1)Cc1ccc(C(F)(F)F)cc1. The maximum atomic E-state index is 12.5. The first-order valence-corrected chi connectivity index (χ1v) is 7.16. The van der Waals surface area contributed by atoms with E-state index in [9.17, 15) is 13.2 Å². The second-order valence-electron chi connectivity index (χ2n) is 6.51. The highest BCUT2D eigenvalue weighted by Gasteiger charge is 2.30. The second kappa shape index (κ2) is 5.76. The molecule has 4 heteroatoms. The van der Waals surface area contributed by atoms with Gasteiger partial charge in [0.1, 0.15) is 0 Å². The molecule has 0 atom stereocenters. The Morgan fingerprint density at radius 2 is 1.70 bits per heavy atom. The Labute approximate surface area is 118 Å². The van der Waals surface area contributed by atoms with Crippen molar-refractivity contribution in [2.45, 2.75) is 51.7 Å². The molecule has 0 radical (unpaired) electrons. The molecule has 2 rings (SSSR count). The molecule has 1 nitrogen and oxygen atoms in total. The molecule has 1 aromatic carbocycles. The van der Waals surface area contributed by atoms with Crippen LogP contribution >= 0.6 is 0 Å². The maximum absolute atomic E-state index is 12.5. The number of halogens is 3. The Morgan fingerprint density at radius 3 is 2.20 bits per heavy atom. The van der Waals surface area contributed by atoms with Gasteiger partial charge in [0.25, 0.3) is 0 Å². The maximum Gasteiger partial charge on any atom is 0.416 e. The lowest BCUT2D eigenvalue weighted by atomic mass is 9.82. The van der Waals surface area contributed by atoms with Crippen molar-refractivity contribution in [1.82, 2.24) is 5.32 Å². The summed E-state index contributed by atoms with van der Waals surface area (Å²) in [7, 11) is 0. The molecule has 0 aromatic heterocycles. The number of hydrogen-bond acceptors (Lipinski definition) is 1. The van der Waals surface area contributed by atoms with Gasteiger partial charge < -0.3 is 5.32 Å². The van der Waals surface area contributed by atoms with Gasteiger partial charge in [0, 0.05) is 6.04 Å². The molecule has 0 saturated heterocycles. The van der Waals surface area contributed by atoms with Gasteiger partial charge in [-0.25, -0.2) is 0 Å². The summed E-state index contributed by atoms with van der Waals surface area (Å²) >= 11 is 0. The van der Waals surface area contributed by atoms with Crippen LogP contribution in [0.25, 0.3) is 0 Å². The summed E-state index contributed by atoms with van der Waals surface area (Å²) < 4.78 is 37.5. The fourth-order valence-electron chi connectivity index (χ4n) is 2.35. The van der Waals surface area contributed by atoms with Crippen LogP contribution in [0.1, 0.15) is 44.2 Å². The van der Waals surface area contributed by atoms with Crippen LogP contribution in [0.5, 0.6) is 0 Å². The molecule has 1 saturated carbocycles. The van der Waals surface area contributed by atoms with Gasteiger partial charge in [0.05, 0.1) is 5.56 Å². The van der Waals surface area contributed by atoms with Crippen molar-refractivity contribution in [3.8, 4) is 0 Å². The Hall–Kier alpha value is -1.03. The van der Waals surface area contributed by atoms with Crippen LogP contribution in [0.4, 0.5) is 13.2 Å². The van der Waals surface area contributed by atoms with Gasteiger partial charge >= 0.3 is 6.18 Å². The van der Waals surface area contributed by atoms with Gasteiger partial charge in [0.2, 0.25) is 0 Å². The van der Waals surface area contributed by atoms with E-state index in [0.717, 1.165) is 24.9 Å². The summed E-state index contributed by atoms with van der Waals surface area (Å²) in [5.74, 6) is 0. The predicted octanol–water partition coefficient (Wildman–Crippen LogP) is 4.42. The molecule has 1 aromatic rings. The fraction of sp³-hybridized carbons (Fsp3) is 0.625. The summed E-state index contributed by atoms with van der Waals surface area (Å²) in [4.78, 5) is 0. The van der Waals surface area contributed by atoms with E-state index in [0.29, 0.717) is 6.04 Å². The first-order valence-electron chi connectivity index (χ1n) is 7.16. The van der Waals surface area contributed by atoms with Gasteiger partial charge in [-0.3, -0.25) is 0 Å². The molecule has 0 amide bonds. The molecular formula is C16H22F3N. The van der Waals surface area contributed by atoms with Crippen LogP contribution in [-0.4, -0.2) is 12.6 Å². The van der Waals surface area contributed by atoms with E-state index >= 15 is 0 Å². The zero-order valence-corrected chi connectivity index (χ0v) is 12.1. The molecular weight excluding hydrogens is 263 g/mol. The molecule has 0 aliphatic heterocycles. The van der Waals surface area contributed by atoms with Crippen LogP contribution in [0.15, 0.2) is 24.3 Å². The average molecular weight is 285 g/mol. The van der Waals surface area contributed by atoms with E-state index in [1.807, 2.05) is 0 Å². The van der Waals surface area contributed by atoms with Crippen LogP contribution in [0.2, 0.25) is 0 Å². The molecule has 0 spiro atoms. The minimum Gasteiger partial charge on any atom is -0.314 e. The molecule has 0 heterocycles. The van der Waals surface area contributed by atoms with Crippen LogP contribution in [0.3, 0.4) is 0 Å². The van der Waals surface area contributed by atoms with Crippen LogP contribution in [-0.2, 0) is 12.6 Å². The van der Waals surface area contributed by atoms with E-state index < -0.39 is 11.7 Å². The molecule has 1 fully saturated rings. The lowest BCUT2D eigenvalue weighted by Crippen LogP contribution is -2.25. The van der Waals surface area contributed by atoms with Gasteiger partial charge in [0.15, 0.2) is 0 Å². The lowest BCUT2D eigenvalue weighted by molar-refractivity contribution is -0.137.